The molecule has 1 unspecified atom stereocenters. The summed E-state index contributed by atoms with van der Waals surface area (Å²) < 4.78 is 12.4. The minimum absolute atomic E-state index is 0.00940. The smallest absolute Gasteiger partial charge is 0.273 e. The Hall–Kier alpha value is -1.92. The highest BCUT2D eigenvalue weighted by molar-refractivity contribution is 7.84. The van der Waals surface area contributed by atoms with Gasteiger partial charge in [0.15, 0.2) is 0 Å². The van der Waals surface area contributed by atoms with Gasteiger partial charge in [0.25, 0.3) is 5.69 Å². The fourth-order valence-electron chi connectivity index (χ4n) is 1.91. The number of benzene rings is 2. The molecule has 0 saturated carbocycles. The third-order valence-corrected chi connectivity index (χ3v) is 4.59. The van der Waals surface area contributed by atoms with Crippen LogP contribution in [0.2, 0.25) is 5.02 Å². The molecule has 0 saturated heterocycles. The molecule has 0 aliphatic rings. The Labute approximate surface area is 129 Å². The van der Waals surface area contributed by atoms with Crippen molar-refractivity contribution in [3.63, 3.8) is 0 Å². The van der Waals surface area contributed by atoms with E-state index in [9.17, 15) is 14.3 Å². The molecule has 0 amide bonds. The number of rotatable bonds is 4. The van der Waals surface area contributed by atoms with Crippen LogP contribution in [0.4, 0.5) is 11.4 Å². The number of halogens is 1. The molecule has 0 bridgehead atoms. The Morgan fingerprint density at radius 3 is 2.67 bits per heavy atom. The van der Waals surface area contributed by atoms with E-state index in [2.05, 4.69) is 0 Å². The van der Waals surface area contributed by atoms with Gasteiger partial charge in [0.1, 0.15) is 0 Å². The lowest BCUT2D eigenvalue weighted by Crippen LogP contribution is -2.03. The molecule has 0 spiro atoms. The molecule has 2 N–H and O–H groups in total. The van der Waals surface area contributed by atoms with E-state index in [0.29, 0.717) is 21.2 Å². The first-order chi connectivity index (χ1) is 9.88. The van der Waals surface area contributed by atoms with Crippen LogP contribution in [0.1, 0.15) is 11.1 Å². The second-order valence-corrected chi connectivity index (χ2v) is 6.42. The molecule has 2 aromatic carbocycles. The van der Waals surface area contributed by atoms with Gasteiger partial charge in [-0.25, -0.2) is 0 Å². The first-order valence-electron chi connectivity index (χ1n) is 6.06. The molecule has 0 heterocycles. The number of nitro groups is 1. The molecule has 2 aromatic rings. The zero-order valence-corrected chi connectivity index (χ0v) is 12.8. The minimum atomic E-state index is -1.48. The lowest BCUT2D eigenvalue weighted by atomic mass is 10.2. The van der Waals surface area contributed by atoms with Gasteiger partial charge in [-0.2, -0.15) is 0 Å². The fraction of sp³-hybridized carbons (Fsp3) is 0.143. The summed E-state index contributed by atoms with van der Waals surface area (Å²) in [5, 5.41) is 11.4. The second-order valence-electron chi connectivity index (χ2n) is 4.56. The highest BCUT2D eigenvalue weighted by Gasteiger charge is 2.18. The van der Waals surface area contributed by atoms with Crippen LogP contribution in [0.25, 0.3) is 0 Å². The van der Waals surface area contributed by atoms with Crippen LogP contribution in [-0.4, -0.2) is 9.13 Å². The lowest BCUT2D eigenvalue weighted by Gasteiger charge is -2.08. The average Bonchev–Trinajstić information content (AvgIpc) is 2.41. The molecule has 0 radical (unpaired) electrons. The van der Waals surface area contributed by atoms with E-state index in [1.807, 2.05) is 13.0 Å². The molecule has 2 rings (SSSR count). The van der Waals surface area contributed by atoms with E-state index in [1.54, 1.807) is 12.1 Å². The third-order valence-electron chi connectivity index (χ3n) is 2.94. The molecule has 0 aliphatic heterocycles. The zero-order chi connectivity index (χ0) is 15.6. The summed E-state index contributed by atoms with van der Waals surface area (Å²) in [7, 11) is -1.48. The summed E-state index contributed by atoms with van der Waals surface area (Å²) in [6.07, 6.45) is 0. The van der Waals surface area contributed by atoms with Crippen molar-refractivity contribution in [3.8, 4) is 0 Å². The minimum Gasteiger partial charge on any atom is -0.398 e. The maximum absolute atomic E-state index is 12.4. The Kier molecular flexibility index (Phi) is 4.59. The Bertz CT molecular complexity index is 734. The summed E-state index contributed by atoms with van der Waals surface area (Å²) >= 11 is 5.86. The number of nitrogen functional groups attached to an aromatic ring is 1. The van der Waals surface area contributed by atoms with Crippen molar-refractivity contribution in [2.75, 3.05) is 5.73 Å². The molecule has 0 aromatic heterocycles. The van der Waals surface area contributed by atoms with Gasteiger partial charge in [-0.3, -0.25) is 14.3 Å². The quantitative estimate of drug-likeness (QED) is 0.530. The Balaban J connectivity index is 2.38. The SMILES string of the molecule is Cc1ccc(N)c(S(=O)Cc2cc(Cl)ccc2[N+](=O)[O-])c1. The molecule has 1 atom stereocenters. The van der Waals surface area contributed by atoms with E-state index >= 15 is 0 Å². The predicted octanol–water partition coefficient (Wildman–Crippen LogP) is 3.45. The highest BCUT2D eigenvalue weighted by Crippen LogP contribution is 2.27. The summed E-state index contributed by atoms with van der Waals surface area (Å²) in [6, 6.07) is 9.43. The molecular weight excluding hydrogens is 312 g/mol. The largest absolute Gasteiger partial charge is 0.398 e. The lowest BCUT2D eigenvalue weighted by molar-refractivity contribution is -0.385. The van der Waals surface area contributed by atoms with Crippen molar-refractivity contribution in [2.24, 2.45) is 0 Å². The van der Waals surface area contributed by atoms with Crippen LogP contribution in [0.5, 0.6) is 0 Å². The highest BCUT2D eigenvalue weighted by atomic mass is 35.5. The van der Waals surface area contributed by atoms with Gasteiger partial charge >= 0.3 is 0 Å². The van der Waals surface area contributed by atoms with Crippen molar-refractivity contribution >= 4 is 33.8 Å². The van der Waals surface area contributed by atoms with Crippen molar-refractivity contribution < 1.29 is 9.13 Å². The summed E-state index contributed by atoms with van der Waals surface area (Å²) in [5.74, 6) is -0.00940. The molecule has 5 nitrogen and oxygen atoms in total. The maximum Gasteiger partial charge on any atom is 0.273 e. The van der Waals surface area contributed by atoms with E-state index in [4.69, 9.17) is 17.3 Å². The van der Waals surface area contributed by atoms with E-state index < -0.39 is 15.7 Å². The van der Waals surface area contributed by atoms with Gasteiger partial charge in [-0.05, 0) is 36.8 Å². The van der Waals surface area contributed by atoms with Crippen LogP contribution in [0.3, 0.4) is 0 Å². The first kappa shape index (κ1) is 15.5. The van der Waals surface area contributed by atoms with E-state index in [1.165, 1.54) is 18.2 Å². The third kappa shape index (κ3) is 3.59. The fourth-order valence-corrected chi connectivity index (χ4v) is 3.42. The number of anilines is 1. The first-order valence-corrected chi connectivity index (χ1v) is 7.75. The molecule has 7 heteroatoms. The topological polar surface area (TPSA) is 86.2 Å². The van der Waals surface area contributed by atoms with Gasteiger partial charge in [-0.15, -0.1) is 0 Å². The normalized spacial score (nSPS) is 12.1. The molecule has 110 valence electrons. The number of aryl methyl sites for hydroxylation is 1. The Morgan fingerprint density at radius 2 is 2.00 bits per heavy atom. The van der Waals surface area contributed by atoms with Gasteiger partial charge in [0.2, 0.25) is 0 Å². The van der Waals surface area contributed by atoms with Gasteiger partial charge in [-0.1, -0.05) is 17.7 Å². The second kappa shape index (κ2) is 6.24. The number of hydrogen-bond acceptors (Lipinski definition) is 4. The Morgan fingerprint density at radius 1 is 1.29 bits per heavy atom. The maximum atomic E-state index is 12.4. The number of hydrogen-bond donors (Lipinski definition) is 1. The molecular formula is C14H13ClN2O3S. The van der Waals surface area contributed by atoms with Crippen molar-refractivity contribution in [2.45, 2.75) is 17.6 Å². The number of nitrogens with zero attached hydrogens (tertiary/aromatic N) is 1. The monoisotopic (exact) mass is 324 g/mol. The van der Waals surface area contributed by atoms with Crippen LogP contribution < -0.4 is 5.73 Å². The number of nitro benzene ring substituents is 1. The molecule has 0 aliphatic carbocycles. The zero-order valence-electron chi connectivity index (χ0n) is 11.2. The van der Waals surface area contributed by atoms with Gasteiger partial charge in [0.05, 0.1) is 26.4 Å². The molecule has 21 heavy (non-hydrogen) atoms. The predicted molar refractivity (Wildman–Crippen MR) is 83.8 cm³/mol. The summed E-state index contributed by atoms with van der Waals surface area (Å²) in [5.41, 5.74) is 7.38. The van der Waals surface area contributed by atoms with Crippen LogP contribution >= 0.6 is 11.6 Å². The standard InChI is InChI=1S/C14H13ClN2O3S/c1-9-2-4-12(16)14(6-9)21(20)8-10-7-11(15)3-5-13(10)17(18)19/h2-7H,8,16H2,1H3. The summed E-state index contributed by atoms with van der Waals surface area (Å²) in [4.78, 5) is 11.0. The van der Waals surface area contributed by atoms with E-state index in [0.717, 1.165) is 5.56 Å². The number of nitrogens with two attached hydrogens (primary N) is 1. The van der Waals surface area contributed by atoms with Crippen molar-refractivity contribution in [1.82, 2.24) is 0 Å². The van der Waals surface area contributed by atoms with Crippen LogP contribution in [0.15, 0.2) is 41.3 Å². The van der Waals surface area contributed by atoms with E-state index in [-0.39, 0.29) is 11.4 Å². The van der Waals surface area contributed by atoms with Gasteiger partial charge in [0, 0.05) is 22.3 Å². The van der Waals surface area contributed by atoms with Crippen molar-refractivity contribution in [3.05, 3.63) is 62.7 Å². The van der Waals surface area contributed by atoms with Gasteiger partial charge < -0.3 is 5.73 Å². The summed E-state index contributed by atoms with van der Waals surface area (Å²) in [6.45, 7) is 1.86. The molecule has 0 fully saturated rings. The average molecular weight is 325 g/mol. The van der Waals surface area contributed by atoms with Crippen LogP contribution in [0, 0.1) is 17.0 Å². The van der Waals surface area contributed by atoms with Crippen LogP contribution in [-0.2, 0) is 16.6 Å². The van der Waals surface area contributed by atoms with Crippen molar-refractivity contribution in [1.29, 1.82) is 0 Å².